The number of hydrogen-bond donors (Lipinski definition) is 0. The minimum absolute atomic E-state index is 0.0734. The third-order valence-corrected chi connectivity index (χ3v) is 5.70. The van der Waals surface area contributed by atoms with Crippen LogP contribution in [0.3, 0.4) is 0 Å². The molecule has 2 aromatic rings. The second-order valence-electron chi connectivity index (χ2n) is 7.31. The number of amides is 1. The number of para-hydroxylation sites is 1. The van der Waals surface area contributed by atoms with E-state index in [0.717, 1.165) is 30.3 Å². The van der Waals surface area contributed by atoms with Gasteiger partial charge in [0.15, 0.2) is 6.61 Å². The van der Waals surface area contributed by atoms with Gasteiger partial charge in [0.1, 0.15) is 5.69 Å². The van der Waals surface area contributed by atoms with E-state index in [1.165, 1.54) is 25.7 Å². The number of hydrogen-bond acceptors (Lipinski definition) is 4. The van der Waals surface area contributed by atoms with Crippen molar-refractivity contribution in [1.29, 1.82) is 0 Å². The third kappa shape index (κ3) is 3.43. The largest absolute Gasteiger partial charge is 0.451 e. The monoisotopic (exact) mass is 352 g/mol. The molecule has 5 heteroatoms. The first kappa shape index (κ1) is 17.0. The molecule has 0 radical (unpaired) electrons. The summed E-state index contributed by atoms with van der Waals surface area (Å²) in [7, 11) is 0. The summed E-state index contributed by atoms with van der Waals surface area (Å²) in [6.07, 6.45) is 7.02. The summed E-state index contributed by atoms with van der Waals surface area (Å²) >= 11 is 0. The summed E-state index contributed by atoms with van der Waals surface area (Å²) in [4.78, 5) is 31.2. The SMILES string of the molecule is O=C(OCC(=O)N1CCC[C@@H]2CCCC[C@H]21)c1ccc2ccccc2n1. The zero-order valence-corrected chi connectivity index (χ0v) is 14.9. The van der Waals surface area contributed by atoms with Crippen LogP contribution in [-0.2, 0) is 9.53 Å². The molecule has 2 heterocycles. The van der Waals surface area contributed by atoms with E-state index in [4.69, 9.17) is 4.74 Å². The van der Waals surface area contributed by atoms with Crippen molar-refractivity contribution in [3.8, 4) is 0 Å². The number of carbonyl (C=O) groups excluding carboxylic acids is 2. The van der Waals surface area contributed by atoms with Crippen LogP contribution in [0, 0.1) is 5.92 Å². The molecule has 0 bridgehead atoms. The van der Waals surface area contributed by atoms with Gasteiger partial charge >= 0.3 is 5.97 Å². The van der Waals surface area contributed by atoms with Crippen LogP contribution in [0.4, 0.5) is 0 Å². The molecular formula is C21H24N2O3. The number of benzene rings is 1. The average molecular weight is 352 g/mol. The van der Waals surface area contributed by atoms with Gasteiger partial charge in [0.2, 0.25) is 0 Å². The molecule has 136 valence electrons. The number of aromatic nitrogens is 1. The zero-order valence-electron chi connectivity index (χ0n) is 14.9. The van der Waals surface area contributed by atoms with Gasteiger partial charge in [-0.25, -0.2) is 9.78 Å². The first-order valence-corrected chi connectivity index (χ1v) is 9.55. The topological polar surface area (TPSA) is 59.5 Å². The molecule has 2 aliphatic rings. The number of piperidine rings is 1. The standard InChI is InChI=1S/C21H24N2O3/c24-20(23-13-5-8-16-7-2-4-10-19(16)23)14-26-21(25)18-12-11-15-6-1-3-9-17(15)22-18/h1,3,6,9,11-12,16,19H,2,4-5,7-8,10,13-14H2/t16-,19+/m0/s1. The van der Waals surface area contributed by atoms with Crippen molar-refractivity contribution in [2.75, 3.05) is 13.2 Å². The Morgan fingerprint density at radius 2 is 1.85 bits per heavy atom. The summed E-state index contributed by atoms with van der Waals surface area (Å²) in [6.45, 7) is 0.586. The second kappa shape index (κ2) is 7.44. The van der Waals surface area contributed by atoms with E-state index in [1.54, 1.807) is 6.07 Å². The van der Waals surface area contributed by atoms with Crippen LogP contribution in [0.2, 0.25) is 0 Å². The number of nitrogens with zero attached hydrogens (tertiary/aromatic N) is 2. The van der Waals surface area contributed by atoms with Crippen LogP contribution in [0.1, 0.15) is 49.0 Å². The molecule has 1 aliphatic carbocycles. The van der Waals surface area contributed by atoms with E-state index in [1.807, 2.05) is 35.2 Å². The maximum atomic E-state index is 12.6. The summed E-state index contributed by atoms with van der Waals surface area (Å²) in [5.74, 6) is 0.0105. The summed E-state index contributed by atoms with van der Waals surface area (Å²) in [5.41, 5.74) is 0.986. The molecule has 5 nitrogen and oxygen atoms in total. The highest BCUT2D eigenvalue weighted by molar-refractivity contribution is 5.92. The van der Waals surface area contributed by atoms with Crippen LogP contribution >= 0.6 is 0 Å². The van der Waals surface area contributed by atoms with Gasteiger partial charge in [-0.1, -0.05) is 37.1 Å². The van der Waals surface area contributed by atoms with Crippen molar-refractivity contribution < 1.29 is 14.3 Å². The molecule has 1 aromatic carbocycles. The molecule has 2 fully saturated rings. The van der Waals surface area contributed by atoms with Crippen LogP contribution < -0.4 is 0 Å². The molecule has 0 N–H and O–H groups in total. The maximum Gasteiger partial charge on any atom is 0.357 e. The number of ether oxygens (including phenoxy) is 1. The molecule has 4 rings (SSSR count). The molecule has 2 atom stereocenters. The van der Waals surface area contributed by atoms with E-state index in [2.05, 4.69) is 4.98 Å². The number of fused-ring (bicyclic) bond motifs is 2. The zero-order chi connectivity index (χ0) is 17.9. The molecule has 1 aromatic heterocycles. The van der Waals surface area contributed by atoms with E-state index in [-0.39, 0.29) is 18.2 Å². The smallest absolute Gasteiger partial charge is 0.357 e. The van der Waals surface area contributed by atoms with Gasteiger partial charge in [0.05, 0.1) is 5.52 Å². The van der Waals surface area contributed by atoms with Crippen molar-refractivity contribution in [3.05, 3.63) is 42.1 Å². The van der Waals surface area contributed by atoms with Gasteiger partial charge in [-0.15, -0.1) is 0 Å². The first-order chi connectivity index (χ1) is 12.7. The highest BCUT2D eigenvalue weighted by Gasteiger charge is 2.35. The van der Waals surface area contributed by atoms with Gasteiger partial charge in [-0.2, -0.15) is 0 Å². The highest BCUT2D eigenvalue weighted by atomic mass is 16.5. The molecule has 1 saturated heterocycles. The lowest BCUT2D eigenvalue weighted by Crippen LogP contribution is -2.50. The Kier molecular flexibility index (Phi) is 4.87. The number of carbonyl (C=O) groups is 2. The van der Waals surface area contributed by atoms with Crippen molar-refractivity contribution >= 4 is 22.8 Å². The van der Waals surface area contributed by atoms with Gasteiger partial charge in [-0.3, -0.25) is 4.79 Å². The normalized spacial score (nSPS) is 22.7. The van der Waals surface area contributed by atoms with Crippen LogP contribution in [0.5, 0.6) is 0 Å². The van der Waals surface area contributed by atoms with Gasteiger partial charge in [0, 0.05) is 18.0 Å². The molecular weight excluding hydrogens is 328 g/mol. The van der Waals surface area contributed by atoms with E-state index in [0.29, 0.717) is 12.0 Å². The predicted molar refractivity (Wildman–Crippen MR) is 98.7 cm³/mol. The molecule has 0 spiro atoms. The number of rotatable bonds is 3. The number of esters is 1. The summed E-state index contributed by atoms with van der Waals surface area (Å²) < 4.78 is 5.28. The lowest BCUT2D eigenvalue weighted by molar-refractivity contribution is -0.140. The van der Waals surface area contributed by atoms with Crippen molar-refractivity contribution in [2.45, 2.75) is 44.6 Å². The average Bonchev–Trinajstić information content (AvgIpc) is 2.71. The Morgan fingerprint density at radius 1 is 1.04 bits per heavy atom. The Labute approximate surface area is 153 Å². The molecule has 1 amide bonds. The number of likely N-dealkylation sites (tertiary alicyclic amines) is 1. The Balaban J connectivity index is 1.39. The van der Waals surface area contributed by atoms with Gasteiger partial charge in [-0.05, 0) is 43.7 Å². The maximum absolute atomic E-state index is 12.6. The Bertz CT molecular complexity index is 818. The first-order valence-electron chi connectivity index (χ1n) is 9.55. The quantitative estimate of drug-likeness (QED) is 0.793. The van der Waals surface area contributed by atoms with E-state index in [9.17, 15) is 9.59 Å². The molecule has 1 saturated carbocycles. The fourth-order valence-corrected chi connectivity index (χ4v) is 4.40. The third-order valence-electron chi connectivity index (χ3n) is 5.70. The Hall–Kier alpha value is -2.43. The fraction of sp³-hybridized carbons (Fsp3) is 0.476. The van der Waals surface area contributed by atoms with Crippen LogP contribution in [0.15, 0.2) is 36.4 Å². The minimum atomic E-state index is -0.540. The van der Waals surface area contributed by atoms with Gasteiger partial charge < -0.3 is 9.64 Å². The van der Waals surface area contributed by atoms with Crippen molar-refractivity contribution in [2.24, 2.45) is 5.92 Å². The Morgan fingerprint density at radius 3 is 2.77 bits per heavy atom. The molecule has 0 unspecified atom stereocenters. The van der Waals surface area contributed by atoms with E-state index >= 15 is 0 Å². The fourth-order valence-electron chi connectivity index (χ4n) is 4.40. The van der Waals surface area contributed by atoms with E-state index < -0.39 is 5.97 Å². The molecule has 1 aliphatic heterocycles. The predicted octanol–water partition coefficient (Wildman–Crippen LogP) is 3.57. The van der Waals surface area contributed by atoms with Crippen LogP contribution in [0.25, 0.3) is 10.9 Å². The highest BCUT2D eigenvalue weighted by Crippen LogP contribution is 2.35. The molecule has 26 heavy (non-hydrogen) atoms. The number of pyridine rings is 1. The van der Waals surface area contributed by atoms with Crippen molar-refractivity contribution in [1.82, 2.24) is 9.88 Å². The summed E-state index contributed by atoms with van der Waals surface area (Å²) in [5, 5.41) is 0.969. The summed E-state index contributed by atoms with van der Waals surface area (Å²) in [6, 6.07) is 11.4. The van der Waals surface area contributed by atoms with Crippen molar-refractivity contribution in [3.63, 3.8) is 0 Å². The van der Waals surface area contributed by atoms with Crippen LogP contribution in [-0.4, -0.2) is 41.0 Å². The lowest BCUT2D eigenvalue weighted by atomic mass is 9.78. The second-order valence-corrected chi connectivity index (χ2v) is 7.31. The minimum Gasteiger partial charge on any atom is -0.451 e. The lowest BCUT2D eigenvalue weighted by Gasteiger charge is -2.44. The van der Waals surface area contributed by atoms with Gasteiger partial charge in [0.25, 0.3) is 5.91 Å².